The first-order valence-corrected chi connectivity index (χ1v) is 31.0. The third kappa shape index (κ3) is 14.6. The van der Waals surface area contributed by atoms with Gasteiger partial charge in [-0.1, -0.05) is 172 Å². The lowest BCUT2D eigenvalue weighted by atomic mass is 9.77. The van der Waals surface area contributed by atoms with Crippen LogP contribution in [-0.2, 0) is 5.41 Å². The quantitative estimate of drug-likeness (QED) is 0.142. The van der Waals surface area contributed by atoms with E-state index in [2.05, 4.69) is 266 Å². The van der Waals surface area contributed by atoms with Crippen molar-refractivity contribution >= 4 is 59.5 Å². The van der Waals surface area contributed by atoms with E-state index in [1.807, 2.05) is 78.9 Å². The summed E-state index contributed by atoms with van der Waals surface area (Å²) in [5.41, 5.74) is 17.7. The minimum absolute atomic E-state index is 0.175. The Kier molecular flexibility index (Phi) is 19.7. The first-order valence-electron chi connectivity index (χ1n) is 31.0. The van der Waals surface area contributed by atoms with Crippen LogP contribution in [0.2, 0.25) is 0 Å². The number of benzene rings is 10. The van der Waals surface area contributed by atoms with Crippen molar-refractivity contribution in [2.24, 2.45) is 0 Å². The van der Waals surface area contributed by atoms with Crippen LogP contribution in [0.3, 0.4) is 0 Å². The topological polar surface area (TPSA) is 61.2 Å². The first kappa shape index (κ1) is 61.2. The Labute approximate surface area is 530 Å². The highest BCUT2D eigenvalue weighted by Crippen LogP contribution is 2.40. The highest BCUT2D eigenvalue weighted by atomic mass is 16.5. The molecule has 0 aliphatic carbocycles. The summed E-state index contributed by atoms with van der Waals surface area (Å²) in [5.74, 6) is 5.06. The molecule has 0 fully saturated rings. The molecule has 0 spiro atoms. The van der Waals surface area contributed by atoms with E-state index in [1.54, 1.807) is 0 Å². The molecule has 10 heteroatoms. The highest BCUT2D eigenvalue weighted by Gasteiger charge is 2.31. The lowest BCUT2D eigenvalue weighted by Crippen LogP contribution is -2.26. The highest BCUT2D eigenvalue weighted by molar-refractivity contribution is 5.85. The normalized spacial score (nSPS) is 13.7. The summed E-state index contributed by atoms with van der Waals surface area (Å²) >= 11 is 0. The van der Waals surface area contributed by atoms with E-state index in [0.717, 1.165) is 92.3 Å². The largest absolute Gasteiger partial charge is 0.435 e. The van der Waals surface area contributed by atoms with E-state index in [9.17, 15) is 0 Å². The van der Waals surface area contributed by atoms with E-state index >= 15 is 0 Å². The van der Waals surface area contributed by atoms with Gasteiger partial charge in [-0.2, -0.15) is 22.9 Å². The summed E-state index contributed by atoms with van der Waals surface area (Å²) in [5, 5.41) is 0. The maximum absolute atomic E-state index is 6.17. The predicted octanol–water partition coefficient (Wildman–Crippen LogP) is 17.3. The van der Waals surface area contributed by atoms with Gasteiger partial charge in [0, 0.05) is 66.2 Å². The number of rotatable bonds is 8. The van der Waals surface area contributed by atoms with Crippen molar-refractivity contribution in [1.29, 1.82) is 0 Å². The van der Waals surface area contributed by atoms with E-state index in [-0.39, 0.29) is 5.41 Å². The molecule has 0 unspecified atom stereocenters. The zero-order chi connectivity index (χ0) is 62.2. The fourth-order valence-electron chi connectivity index (χ4n) is 11.4. The molecule has 0 saturated carbocycles. The van der Waals surface area contributed by atoms with Gasteiger partial charge in [0.25, 0.3) is 33.7 Å². The van der Waals surface area contributed by atoms with Gasteiger partial charge in [0.1, 0.15) is 28.7 Å². The van der Waals surface area contributed by atoms with Gasteiger partial charge in [-0.15, -0.1) is 0 Å². The van der Waals surface area contributed by atoms with E-state index < -0.39 is 0 Å². The Balaban J connectivity index is 0.000000116. The number of ether oxygens (including phenoxy) is 5. The van der Waals surface area contributed by atoms with Gasteiger partial charge in [0.2, 0.25) is 28.4 Å². The zero-order valence-corrected chi connectivity index (χ0v) is 52.7. The molecule has 450 valence electrons. The number of hydrogen-bond acceptors (Lipinski definition) is 5. The maximum Gasteiger partial charge on any atom is 0.292 e. The fraction of sp³-hybridized carbons (Fsp3) is 0.188. The SMILES string of the molecule is CCC(C)(CC)c1cccc2c1OC[N+](c1ccccc1)=C2.Cc1cccc2c1OC[N+](c1ccccc1)=C2.Cc1cccc2c1OC[N+](c1ccccc1)=C2.Cc1cccc2c1OC[N+](c1ccccc1)=C2.Cc1cccc2c1OC[N+](c1ccccc1)=C2. The van der Waals surface area contributed by atoms with Crippen LogP contribution in [0, 0.1) is 27.7 Å². The third-order valence-electron chi connectivity index (χ3n) is 16.9. The smallest absolute Gasteiger partial charge is 0.292 e. The fourth-order valence-corrected chi connectivity index (χ4v) is 11.4. The zero-order valence-electron chi connectivity index (χ0n) is 52.7. The Hall–Kier alpha value is -10.5. The minimum Gasteiger partial charge on any atom is -0.435 e. The molecule has 0 saturated heterocycles. The van der Waals surface area contributed by atoms with Crippen LogP contribution in [0.15, 0.2) is 243 Å². The summed E-state index contributed by atoms with van der Waals surface area (Å²) in [7, 11) is 0. The number of aryl methyl sites for hydroxylation is 4. The lowest BCUT2D eigenvalue weighted by Gasteiger charge is -2.30. The Morgan fingerprint density at radius 1 is 0.267 bits per heavy atom. The molecule has 0 radical (unpaired) electrons. The van der Waals surface area contributed by atoms with Crippen LogP contribution in [0.4, 0.5) is 28.4 Å². The van der Waals surface area contributed by atoms with Crippen molar-refractivity contribution in [3.8, 4) is 28.7 Å². The van der Waals surface area contributed by atoms with Crippen LogP contribution in [0.1, 0.15) is 89.2 Å². The van der Waals surface area contributed by atoms with Crippen LogP contribution in [-0.4, -0.2) is 87.6 Å². The van der Waals surface area contributed by atoms with Crippen molar-refractivity contribution in [3.05, 3.63) is 298 Å². The van der Waals surface area contributed by atoms with Gasteiger partial charge < -0.3 is 23.7 Å². The summed E-state index contributed by atoms with van der Waals surface area (Å²) in [6.07, 6.45) is 13.0. The summed E-state index contributed by atoms with van der Waals surface area (Å²) in [6, 6.07) is 82.8. The molecule has 90 heavy (non-hydrogen) atoms. The molecule has 10 aromatic rings. The van der Waals surface area contributed by atoms with Gasteiger partial charge >= 0.3 is 0 Å². The summed E-state index contributed by atoms with van der Waals surface area (Å²) in [4.78, 5) is 0. The van der Waals surface area contributed by atoms with Crippen molar-refractivity contribution in [2.75, 3.05) is 33.7 Å². The van der Waals surface area contributed by atoms with Gasteiger partial charge in [-0.3, -0.25) is 0 Å². The second kappa shape index (κ2) is 29.0. The number of hydrogen-bond donors (Lipinski definition) is 0. The second-order valence-corrected chi connectivity index (χ2v) is 23.0. The Morgan fingerprint density at radius 3 is 0.711 bits per heavy atom. The molecule has 0 atom stereocenters. The molecule has 10 aromatic carbocycles. The molecule has 10 nitrogen and oxygen atoms in total. The third-order valence-corrected chi connectivity index (χ3v) is 16.9. The van der Waals surface area contributed by atoms with Gasteiger partial charge in [0.05, 0.1) is 27.8 Å². The van der Waals surface area contributed by atoms with Crippen molar-refractivity contribution in [1.82, 2.24) is 0 Å². The van der Waals surface area contributed by atoms with E-state index in [0.29, 0.717) is 33.7 Å². The number of fused-ring (bicyclic) bond motifs is 5. The predicted molar refractivity (Wildman–Crippen MR) is 364 cm³/mol. The van der Waals surface area contributed by atoms with E-state index in [1.165, 1.54) is 33.4 Å². The second-order valence-electron chi connectivity index (χ2n) is 23.0. The van der Waals surface area contributed by atoms with Crippen molar-refractivity contribution in [3.63, 3.8) is 0 Å². The van der Waals surface area contributed by atoms with Crippen LogP contribution < -0.4 is 23.7 Å². The molecule has 0 aromatic heterocycles. The molecule has 15 rings (SSSR count). The minimum atomic E-state index is 0.175. The number of nitrogens with zero attached hydrogens (tertiary/aromatic N) is 5. The maximum atomic E-state index is 6.17. The molecular weight excluding hydrogens is 1110 g/mol. The monoisotopic (exact) mass is 1190 g/mol. The molecule has 5 heterocycles. The van der Waals surface area contributed by atoms with Crippen molar-refractivity contribution in [2.45, 2.75) is 66.7 Å². The molecule has 0 amide bonds. The van der Waals surface area contributed by atoms with Gasteiger partial charge in [0.15, 0.2) is 31.1 Å². The molecule has 5 aliphatic rings. The Bertz CT molecular complexity index is 3830. The van der Waals surface area contributed by atoms with Gasteiger partial charge in [-0.05, 0) is 98.5 Å². The summed E-state index contributed by atoms with van der Waals surface area (Å²) in [6.45, 7) is 18.0. The average Bonchev–Trinajstić information content (AvgIpc) is 1.54. The average molecular weight is 1190 g/mol. The van der Waals surface area contributed by atoms with Gasteiger partial charge in [-0.25, -0.2) is 0 Å². The first-order chi connectivity index (χ1) is 44.0. The molecule has 5 aliphatic heterocycles. The lowest BCUT2D eigenvalue weighted by molar-refractivity contribution is -0.476. The number of para-hydroxylation sites is 10. The molecular formula is C80H80N5O5+5. The summed E-state index contributed by atoms with van der Waals surface area (Å²) < 4.78 is 40.0. The van der Waals surface area contributed by atoms with Crippen LogP contribution >= 0.6 is 0 Å². The standard InChI is InChI=1S/C20H24NO.4C15H14NO/c1-4-20(3,5-2)18-13-9-10-16-14-21(15-22-19(16)18)17-11-7-6-8-12-17;4*1-12-6-5-7-13-10-16(11-17-15(12)13)14-8-3-2-4-9-14/h6-14H,4-5,15H2,1-3H3;4*2-10H,11H2,1H3/q5*+1. The molecule has 0 bridgehead atoms. The molecule has 0 N–H and O–H groups in total. The van der Waals surface area contributed by atoms with Crippen LogP contribution in [0.25, 0.3) is 0 Å². The Morgan fingerprint density at radius 2 is 0.478 bits per heavy atom. The van der Waals surface area contributed by atoms with Crippen LogP contribution in [0.5, 0.6) is 28.7 Å². The van der Waals surface area contributed by atoms with Crippen molar-refractivity contribution < 1.29 is 46.6 Å². The van der Waals surface area contributed by atoms with E-state index in [4.69, 9.17) is 23.7 Å².